The van der Waals surface area contributed by atoms with Gasteiger partial charge in [0.25, 0.3) is 0 Å². The lowest BCUT2D eigenvalue weighted by atomic mass is 10.0. The Kier molecular flexibility index (Phi) is 3.67. The highest BCUT2D eigenvalue weighted by molar-refractivity contribution is 5.76. The first-order valence-electron chi connectivity index (χ1n) is 6.23. The molecule has 1 atom stereocenters. The lowest BCUT2D eigenvalue weighted by Gasteiger charge is -2.18. The van der Waals surface area contributed by atoms with Gasteiger partial charge in [0.2, 0.25) is 5.91 Å². The van der Waals surface area contributed by atoms with Crippen molar-refractivity contribution >= 4 is 11.6 Å². The van der Waals surface area contributed by atoms with E-state index in [0.717, 1.165) is 19.3 Å². The third kappa shape index (κ3) is 2.99. The van der Waals surface area contributed by atoms with E-state index in [1.807, 2.05) is 14.1 Å². The summed E-state index contributed by atoms with van der Waals surface area (Å²) in [6.07, 6.45) is 3.86. The molecule has 0 bridgehead atoms. The van der Waals surface area contributed by atoms with Crippen molar-refractivity contribution < 1.29 is 4.79 Å². The maximum absolute atomic E-state index is 11.5. The number of rotatable bonds is 2. The van der Waals surface area contributed by atoms with Crippen LogP contribution in [0.2, 0.25) is 0 Å². The van der Waals surface area contributed by atoms with Crippen LogP contribution in [-0.2, 0) is 4.79 Å². The lowest BCUT2D eigenvalue weighted by molar-refractivity contribution is -0.121. The van der Waals surface area contributed by atoms with E-state index in [9.17, 15) is 4.79 Å². The Morgan fingerprint density at radius 2 is 1.88 bits per heavy atom. The highest BCUT2D eigenvalue weighted by atomic mass is 16.1. The first kappa shape index (κ1) is 12.0. The molecule has 1 aromatic rings. The summed E-state index contributed by atoms with van der Waals surface area (Å²) in [5.74, 6) is 0.184. The van der Waals surface area contributed by atoms with Crippen LogP contribution in [0.3, 0.4) is 0 Å². The zero-order valence-electron chi connectivity index (χ0n) is 10.6. The highest BCUT2D eigenvalue weighted by Crippen LogP contribution is 2.24. The van der Waals surface area contributed by atoms with E-state index in [1.165, 1.54) is 11.3 Å². The van der Waals surface area contributed by atoms with Gasteiger partial charge in [-0.1, -0.05) is 18.6 Å². The molecular formula is C14H20N2O. The van der Waals surface area contributed by atoms with Gasteiger partial charge in [0.1, 0.15) is 0 Å². The number of nitrogens with zero attached hydrogens (tertiary/aromatic N) is 1. The molecular weight excluding hydrogens is 212 g/mol. The summed E-state index contributed by atoms with van der Waals surface area (Å²) in [4.78, 5) is 13.6. The fourth-order valence-corrected chi connectivity index (χ4v) is 2.23. The topological polar surface area (TPSA) is 32.3 Å². The first-order valence-corrected chi connectivity index (χ1v) is 6.23. The molecule has 3 nitrogen and oxygen atoms in total. The maximum Gasteiger partial charge on any atom is 0.220 e. The molecule has 0 aliphatic carbocycles. The van der Waals surface area contributed by atoms with Gasteiger partial charge in [0, 0.05) is 26.2 Å². The standard InChI is InChI=1S/C14H20N2O/c1-16(2)12-9-7-11(8-10-12)13-5-3-4-6-14(17)15-13/h7-10,13H,3-6H2,1-2H3,(H,15,17). The van der Waals surface area contributed by atoms with Crippen LogP contribution in [-0.4, -0.2) is 20.0 Å². The Morgan fingerprint density at radius 3 is 2.53 bits per heavy atom. The van der Waals surface area contributed by atoms with E-state index < -0.39 is 0 Å². The normalized spacial score (nSPS) is 20.6. The van der Waals surface area contributed by atoms with E-state index in [1.54, 1.807) is 0 Å². The second kappa shape index (κ2) is 5.21. The van der Waals surface area contributed by atoms with Gasteiger partial charge in [0.05, 0.1) is 6.04 Å². The monoisotopic (exact) mass is 232 g/mol. The summed E-state index contributed by atoms with van der Waals surface area (Å²) in [6, 6.07) is 8.64. The van der Waals surface area contributed by atoms with Crippen molar-refractivity contribution in [3.63, 3.8) is 0 Å². The van der Waals surface area contributed by atoms with Crippen LogP contribution in [0.4, 0.5) is 5.69 Å². The molecule has 2 rings (SSSR count). The average molecular weight is 232 g/mol. The molecule has 1 unspecified atom stereocenters. The van der Waals surface area contributed by atoms with Gasteiger partial charge in [-0.3, -0.25) is 4.79 Å². The molecule has 0 spiro atoms. The maximum atomic E-state index is 11.5. The van der Waals surface area contributed by atoms with Gasteiger partial charge in [-0.05, 0) is 30.5 Å². The molecule has 1 aliphatic heterocycles. The van der Waals surface area contributed by atoms with E-state index in [2.05, 4.69) is 34.5 Å². The summed E-state index contributed by atoms with van der Waals surface area (Å²) in [7, 11) is 4.06. The summed E-state index contributed by atoms with van der Waals surface area (Å²) in [5, 5.41) is 3.09. The Balaban J connectivity index is 2.12. The molecule has 17 heavy (non-hydrogen) atoms. The predicted octanol–water partition coefficient (Wildman–Crippen LogP) is 2.48. The van der Waals surface area contributed by atoms with Crippen molar-refractivity contribution in [2.45, 2.75) is 31.7 Å². The van der Waals surface area contributed by atoms with Crippen LogP contribution in [0.5, 0.6) is 0 Å². The van der Waals surface area contributed by atoms with Gasteiger partial charge in [-0.2, -0.15) is 0 Å². The summed E-state index contributed by atoms with van der Waals surface area (Å²) in [6.45, 7) is 0. The second-order valence-electron chi connectivity index (χ2n) is 4.85. The molecule has 1 amide bonds. The Labute approximate surface area is 103 Å². The lowest BCUT2D eigenvalue weighted by Crippen LogP contribution is -2.26. The molecule has 1 aromatic carbocycles. The van der Waals surface area contributed by atoms with Crippen LogP contribution >= 0.6 is 0 Å². The van der Waals surface area contributed by atoms with E-state index >= 15 is 0 Å². The van der Waals surface area contributed by atoms with Crippen LogP contribution in [0.15, 0.2) is 24.3 Å². The largest absolute Gasteiger partial charge is 0.378 e. The van der Waals surface area contributed by atoms with Crippen molar-refractivity contribution in [1.29, 1.82) is 0 Å². The smallest absolute Gasteiger partial charge is 0.220 e. The number of carbonyl (C=O) groups is 1. The molecule has 1 N–H and O–H groups in total. The van der Waals surface area contributed by atoms with Crippen molar-refractivity contribution in [3.05, 3.63) is 29.8 Å². The van der Waals surface area contributed by atoms with E-state index in [0.29, 0.717) is 6.42 Å². The average Bonchev–Trinajstić information content (AvgIpc) is 2.54. The molecule has 3 heteroatoms. The van der Waals surface area contributed by atoms with Crippen molar-refractivity contribution in [2.75, 3.05) is 19.0 Å². The molecule has 1 aliphatic rings. The highest BCUT2D eigenvalue weighted by Gasteiger charge is 2.17. The molecule has 0 radical (unpaired) electrons. The third-order valence-corrected chi connectivity index (χ3v) is 3.29. The summed E-state index contributed by atoms with van der Waals surface area (Å²) < 4.78 is 0. The Bertz CT molecular complexity index is 384. The van der Waals surface area contributed by atoms with Crippen molar-refractivity contribution in [1.82, 2.24) is 5.32 Å². The fourth-order valence-electron chi connectivity index (χ4n) is 2.23. The molecule has 92 valence electrons. The number of hydrogen-bond donors (Lipinski definition) is 1. The van der Waals surface area contributed by atoms with Crippen LogP contribution < -0.4 is 10.2 Å². The summed E-state index contributed by atoms with van der Waals surface area (Å²) in [5.41, 5.74) is 2.40. The number of anilines is 1. The van der Waals surface area contributed by atoms with Gasteiger partial charge in [-0.15, -0.1) is 0 Å². The van der Waals surface area contributed by atoms with Gasteiger partial charge in [0.15, 0.2) is 0 Å². The molecule has 1 heterocycles. The zero-order chi connectivity index (χ0) is 12.3. The Morgan fingerprint density at radius 1 is 1.18 bits per heavy atom. The zero-order valence-corrected chi connectivity index (χ0v) is 10.6. The Hall–Kier alpha value is -1.51. The molecule has 0 saturated carbocycles. The predicted molar refractivity (Wildman–Crippen MR) is 70.1 cm³/mol. The number of hydrogen-bond acceptors (Lipinski definition) is 2. The van der Waals surface area contributed by atoms with E-state index in [4.69, 9.17) is 0 Å². The van der Waals surface area contributed by atoms with E-state index in [-0.39, 0.29) is 11.9 Å². The number of amides is 1. The van der Waals surface area contributed by atoms with Gasteiger partial charge in [-0.25, -0.2) is 0 Å². The first-order chi connectivity index (χ1) is 8.16. The van der Waals surface area contributed by atoms with Crippen LogP contribution in [0.25, 0.3) is 0 Å². The second-order valence-corrected chi connectivity index (χ2v) is 4.85. The minimum Gasteiger partial charge on any atom is -0.378 e. The minimum absolute atomic E-state index is 0.184. The fraction of sp³-hybridized carbons (Fsp3) is 0.500. The minimum atomic E-state index is 0.184. The van der Waals surface area contributed by atoms with Crippen molar-refractivity contribution in [3.8, 4) is 0 Å². The van der Waals surface area contributed by atoms with Gasteiger partial charge < -0.3 is 10.2 Å². The van der Waals surface area contributed by atoms with Crippen LogP contribution in [0.1, 0.15) is 37.3 Å². The number of nitrogens with one attached hydrogen (secondary N) is 1. The SMILES string of the molecule is CN(C)c1ccc(C2CCCCC(=O)N2)cc1. The third-order valence-electron chi connectivity index (χ3n) is 3.29. The van der Waals surface area contributed by atoms with Crippen LogP contribution in [0, 0.1) is 0 Å². The summed E-state index contributed by atoms with van der Waals surface area (Å²) >= 11 is 0. The molecule has 1 fully saturated rings. The molecule has 1 saturated heterocycles. The van der Waals surface area contributed by atoms with Crippen molar-refractivity contribution in [2.24, 2.45) is 0 Å². The number of carbonyl (C=O) groups excluding carboxylic acids is 1. The quantitative estimate of drug-likeness (QED) is 0.849. The van der Waals surface area contributed by atoms with Gasteiger partial charge >= 0.3 is 0 Å². The number of benzene rings is 1. The molecule has 0 aromatic heterocycles.